The Bertz CT molecular complexity index is 646. The van der Waals surface area contributed by atoms with E-state index in [9.17, 15) is 9.18 Å². The molecule has 1 aromatic carbocycles. The Kier molecular flexibility index (Phi) is 4.87. The van der Waals surface area contributed by atoms with E-state index in [0.717, 1.165) is 0 Å². The highest BCUT2D eigenvalue weighted by atomic mass is 79.9. The van der Waals surface area contributed by atoms with Gasteiger partial charge in [0.15, 0.2) is 5.69 Å². The molecule has 8 heteroatoms. The van der Waals surface area contributed by atoms with Gasteiger partial charge in [0.05, 0.1) is 6.61 Å². The molecule has 0 atom stereocenters. The summed E-state index contributed by atoms with van der Waals surface area (Å²) < 4.78 is 19.9. The van der Waals surface area contributed by atoms with Crippen molar-refractivity contribution >= 4 is 37.8 Å². The molecule has 5 nitrogen and oxygen atoms in total. The number of alkyl halides is 1. The summed E-state index contributed by atoms with van der Waals surface area (Å²) in [7, 11) is 0. The van der Waals surface area contributed by atoms with Crippen LogP contribution in [0.1, 0.15) is 23.0 Å². The molecule has 0 aliphatic rings. The first-order valence-corrected chi connectivity index (χ1v) is 7.62. The highest BCUT2D eigenvalue weighted by Crippen LogP contribution is 2.31. The molecule has 0 saturated heterocycles. The van der Waals surface area contributed by atoms with Crippen molar-refractivity contribution in [2.75, 3.05) is 6.61 Å². The van der Waals surface area contributed by atoms with E-state index in [1.165, 1.54) is 6.07 Å². The molecule has 2 aromatic rings. The molecular weight excluding hydrogens is 397 g/mol. The minimum absolute atomic E-state index is 0.0337. The minimum Gasteiger partial charge on any atom is -0.461 e. The molecule has 0 unspecified atom stereocenters. The number of H-pyrrole nitrogens is 1. The lowest BCUT2D eigenvalue weighted by Gasteiger charge is -2.07. The lowest BCUT2D eigenvalue weighted by molar-refractivity contribution is 0.0520. The summed E-state index contributed by atoms with van der Waals surface area (Å²) in [6.45, 7) is 1.89. The van der Waals surface area contributed by atoms with E-state index in [1.54, 1.807) is 13.0 Å². The number of nitrogens with zero attached hydrogens (tertiary/aromatic N) is 2. The Labute approximate surface area is 131 Å². The summed E-state index contributed by atoms with van der Waals surface area (Å²) in [5.74, 6) is -1.10. The van der Waals surface area contributed by atoms with Crippen molar-refractivity contribution in [2.45, 2.75) is 12.3 Å². The Morgan fingerprint density at radius 2 is 2.20 bits per heavy atom. The van der Waals surface area contributed by atoms with Gasteiger partial charge in [0, 0.05) is 20.9 Å². The second-order valence-corrected chi connectivity index (χ2v) is 5.18. The van der Waals surface area contributed by atoms with Crippen LogP contribution in [0.25, 0.3) is 11.3 Å². The smallest absolute Gasteiger partial charge is 0.361 e. The van der Waals surface area contributed by atoms with E-state index in [0.29, 0.717) is 15.4 Å². The molecule has 0 radical (unpaired) electrons. The molecule has 1 heterocycles. The Balaban J connectivity index is 2.53. The van der Waals surface area contributed by atoms with Crippen molar-refractivity contribution in [1.29, 1.82) is 0 Å². The zero-order valence-electron chi connectivity index (χ0n) is 10.4. The van der Waals surface area contributed by atoms with Crippen LogP contribution in [0.3, 0.4) is 0 Å². The number of halogens is 3. The van der Waals surface area contributed by atoms with Gasteiger partial charge >= 0.3 is 5.97 Å². The average molecular weight is 407 g/mol. The molecule has 106 valence electrons. The number of aromatic amines is 1. The second kappa shape index (κ2) is 6.45. The number of hydrogen-bond acceptors (Lipinski definition) is 4. The molecule has 1 N–H and O–H groups in total. The number of aromatic nitrogens is 3. The SMILES string of the molecule is CCOC(=O)c1n[nH]nc1-c1ccc(Br)c(CBr)c1F. The van der Waals surface area contributed by atoms with Gasteiger partial charge in [-0.2, -0.15) is 10.3 Å². The van der Waals surface area contributed by atoms with Crippen molar-refractivity contribution in [3.63, 3.8) is 0 Å². The summed E-state index contributed by atoms with van der Waals surface area (Å²) in [5, 5.41) is 10.2. The second-order valence-electron chi connectivity index (χ2n) is 3.76. The number of hydrogen-bond donors (Lipinski definition) is 1. The fourth-order valence-corrected chi connectivity index (χ4v) is 3.03. The van der Waals surface area contributed by atoms with Crippen LogP contribution < -0.4 is 0 Å². The molecule has 0 spiro atoms. The molecule has 2 rings (SSSR count). The maximum absolute atomic E-state index is 14.4. The van der Waals surface area contributed by atoms with Crippen LogP contribution in [-0.4, -0.2) is 28.0 Å². The van der Waals surface area contributed by atoms with Gasteiger partial charge in [-0.05, 0) is 19.1 Å². The van der Waals surface area contributed by atoms with E-state index in [-0.39, 0.29) is 23.6 Å². The van der Waals surface area contributed by atoms with Crippen molar-refractivity contribution in [2.24, 2.45) is 0 Å². The van der Waals surface area contributed by atoms with Gasteiger partial charge in [0.25, 0.3) is 0 Å². The molecule has 1 aromatic heterocycles. The van der Waals surface area contributed by atoms with E-state index in [1.807, 2.05) is 0 Å². The summed E-state index contributed by atoms with van der Waals surface area (Å²) >= 11 is 6.50. The summed E-state index contributed by atoms with van der Waals surface area (Å²) in [6.07, 6.45) is 0. The third-order valence-electron chi connectivity index (χ3n) is 2.59. The van der Waals surface area contributed by atoms with Gasteiger partial charge in [-0.3, -0.25) is 0 Å². The third-order valence-corrected chi connectivity index (χ3v) is 3.90. The number of carbonyl (C=O) groups excluding carboxylic acids is 1. The molecule has 0 saturated carbocycles. The first-order valence-electron chi connectivity index (χ1n) is 5.71. The lowest BCUT2D eigenvalue weighted by atomic mass is 10.1. The maximum Gasteiger partial charge on any atom is 0.361 e. The lowest BCUT2D eigenvalue weighted by Crippen LogP contribution is -2.07. The van der Waals surface area contributed by atoms with Crippen LogP contribution >= 0.6 is 31.9 Å². The van der Waals surface area contributed by atoms with Crippen molar-refractivity contribution in [1.82, 2.24) is 15.4 Å². The summed E-state index contributed by atoms with van der Waals surface area (Å²) in [5.41, 5.74) is 0.740. The van der Waals surface area contributed by atoms with Crippen LogP contribution in [0.15, 0.2) is 16.6 Å². The zero-order chi connectivity index (χ0) is 14.7. The van der Waals surface area contributed by atoms with Gasteiger partial charge in [0.1, 0.15) is 11.5 Å². The predicted octanol–water partition coefficient (Wildman–Crippen LogP) is 3.44. The first kappa shape index (κ1) is 15.1. The number of carbonyl (C=O) groups is 1. The van der Waals surface area contributed by atoms with Crippen molar-refractivity contribution in [3.05, 3.63) is 33.7 Å². The first-order chi connectivity index (χ1) is 9.60. The summed E-state index contributed by atoms with van der Waals surface area (Å²) in [6, 6.07) is 3.23. The fourth-order valence-electron chi connectivity index (χ4n) is 1.66. The van der Waals surface area contributed by atoms with Crippen LogP contribution in [-0.2, 0) is 10.1 Å². The van der Waals surface area contributed by atoms with Crippen molar-refractivity contribution < 1.29 is 13.9 Å². The molecular formula is C12H10Br2FN3O2. The average Bonchev–Trinajstić information content (AvgIpc) is 2.89. The normalized spacial score (nSPS) is 10.6. The van der Waals surface area contributed by atoms with Gasteiger partial charge in [-0.25, -0.2) is 9.18 Å². The van der Waals surface area contributed by atoms with Gasteiger partial charge in [-0.15, -0.1) is 5.10 Å². The minimum atomic E-state index is -0.640. The Hall–Kier alpha value is -1.28. The zero-order valence-corrected chi connectivity index (χ0v) is 13.6. The number of esters is 1. The molecule has 0 bridgehead atoms. The molecule has 0 fully saturated rings. The predicted molar refractivity (Wildman–Crippen MR) is 78.1 cm³/mol. The quantitative estimate of drug-likeness (QED) is 0.623. The van der Waals surface area contributed by atoms with Gasteiger partial charge in [-0.1, -0.05) is 31.9 Å². The Morgan fingerprint density at radius 1 is 1.45 bits per heavy atom. The molecule has 20 heavy (non-hydrogen) atoms. The standard InChI is InChI=1S/C12H10Br2FN3O2/c1-2-20-12(19)11-10(16-18-17-11)6-3-4-8(14)7(5-13)9(6)15/h3-4H,2,5H2,1H3,(H,16,17,18). The summed E-state index contributed by atoms with van der Waals surface area (Å²) in [4.78, 5) is 11.7. The van der Waals surface area contributed by atoms with Crippen molar-refractivity contribution in [3.8, 4) is 11.3 Å². The van der Waals surface area contributed by atoms with E-state index < -0.39 is 11.8 Å². The molecule has 0 amide bonds. The van der Waals surface area contributed by atoms with Gasteiger partial charge in [0.2, 0.25) is 0 Å². The topological polar surface area (TPSA) is 67.9 Å². The largest absolute Gasteiger partial charge is 0.461 e. The number of rotatable bonds is 4. The van der Waals surface area contributed by atoms with E-state index >= 15 is 0 Å². The van der Waals surface area contributed by atoms with Crippen LogP contribution in [0.4, 0.5) is 4.39 Å². The van der Waals surface area contributed by atoms with E-state index in [4.69, 9.17) is 4.74 Å². The highest BCUT2D eigenvalue weighted by molar-refractivity contribution is 9.10. The monoisotopic (exact) mass is 405 g/mol. The molecule has 0 aliphatic heterocycles. The van der Waals surface area contributed by atoms with E-state index in [2.05, 4.69) is 47.3 Å². The molecule has 0 aliphatic carbocycles. The number of benzene rings is 1. The number of ether oxygens (including phenoxy) is 1. The van der Waals surface area contributed by atoms with Gasteiger partial charge < -0.3 is 4.74 Å². The van der Waals surface area contributed by atoms with Crippen LogP contribution in [0.2, 0.25) is 0 Å². The third kappa shape index (κ3) is 2.76. The fraction of sp³-hybridized carbons (Fsp3) is 0.250. The van der Waals surface area contributed by atoms with Crippen LogP contribution in [0, 0.1) is 5.82 Å². The number of nitrogens with one attached hydrogen (secondary N) is 1. The van der Waals surface area contributed by atoms with Crippen LogP contribution in [0.5, 0.6) is 0 Å². The Morgan fingerprint density at radius 3 is 2.85 bits per heavy atom. The highest BCUT2D eigenvalue weighted by Gasteiger charge is 2.23. The maximum atomic E-state index is 14.4.